The second-order valence-electron chi connectivity index (χ2n) is 5.29. The molecule has 0 saturated carbocycles. The summed E-state index contributed by atoms with van der Waals surface area (Å²) in [5.41, 5.74) is 0.501. The second-order valence-corrected chi connectivity index (χ2v) is 5.29. The van der Waals surface area contributed by atoms with Crippen LogP contribution in [0.3, 0.4) is 0 Å². The lowest BCUT2D eigenvalue weighted by Crippen LogP contribution is -2.33. The molecular formula is C13H15N5O2. The van der Waals surface area contributed by atoms with Crippen molar-refractivity contribution >= 4 is 5.91 Å². The minimum atomic E-state index is -0.791. The summed E-state index contributed by atoms with van der Waals surface area (Å²) in [6.45, 7) is 2.67. The van der Waals surface area contributed by atoms with Gasteiger partial charge in [0.15, 0.2) is 0 Å². The zero-order chi connectivity index (χ0) is 14.2. The van der Waals surface area contributed by atoms with Crippen molar-refractivity contribution in [1.82, 2.24) is 25.5 Å². The minimum Gasteiger partial charge on any atom is -0.388 e. The third-order valence-electron chi connectivity index (χ3n) is 3.45. The molecule has 1 atom stereocenters. The largest absolute Gasteiger partial charge is 0.388 e. The van der Waals surface area contributed by atoms with Crippen LogP contribution in [-0.4, -0.2) is 55.2 Å². The molecule has 3 rings (SSSR count). The van der Waals surface area contributed by atoms with Crippen molar-refractivity contribution < 1.29 is 9.90 Å². The number of tetrazole rings is 1. The van der Waals surface area contributed by atoms with Crippen LogP contribution in [0.2, 0.25) is 0 Å². The van der Waals surface area contributed by atoms with Gasteiger partial charge in [0, 0.05) is 24.2 Å². The first-order chi connectivity index (χ1) is 9.55. The number of H-pyrrole nitrogens is 1. The summed E-state index contributed by atoms with van der Waals surface area (Å²) >= 11 is 0. The van der Waals surface area contributed by atoms with Crippen molar-refractivity contribution in [2.75, 3.05) is 13.1 Å². The van der Waals surface area contributed by atoms with Gasteiger partial charge in [-0.25, -0.2) is 0 Å². The Morgan fingerprint density at radius 3 is 3.00 bits per heavy atom. The summed E-state index contributed by atoms with van der Waals surface area (Å²) in [6, 6.07) is 7.09. The third kappa shape index (κ3) is 2.39. The number of aliphatic hydroxyl groups is 1. The minimum absolute atomic E-state index is 0.0897. The normalized spacial score (nSPS) is 22.2. The lowest BCUT2D eigenvalue weighted by molar-refractivity contribution is 0.0572. The van der Waals surface area contributed by atoms with E-state index in [-0.39, 0.29) is 5.91 Å². The molecule has 0 radical (unpaired) electrons. The second kappa shape index (κ2) is 4.68. The molecule has 20 heavy (non-hydrogen) atoms. The van der Waals surface area contributed by atoms with Crippen molar-refractivity contribution in [3.63, 3.8) is 0 Å². The predicted octanol–water partition coefficient (Wildman–Crippen LogP) is 0.464. The van der Waals surface area contributed by atoms with E-state index in [4.69, 9.17) is 0 Å². The highest BCUT2D eigenvalue weighted by molar-refractivity contribution is 5.95. The Labute approximate surface area is 115 Å². The molecule has 0 bridgehead atoms. The number of benzene rings is 1. The van der Waals surface area contributed by atoms with E-state index in [1.807, 2.05) is 6.07 Å². The molecule has 0 spiro atoms. The fraction of sp³-hybridized carbons (Fsp3) is 0.385. The van der Waals surface area contributed by atoms with Gasteiger partial charge >= 0.3 is 0 Å². The highest BCUT2D eigenvalue weighted by Gasteiger charge is 2.34. The maximum Gasteiger partial charge on any atom is 0.253 e. The van der Waals surface area contributed by atoms with Gasteiger partial charge in [-0.3, -0.25) is 4.79 Å². The Morgan fingerprint density at radius 2 is 2.35 bits per heavy atom. The Kier molecular flexibility index (Phi) is 2.98. The molecule has 2 aromatic rings. The number of rotatable bonds is 2. The molecule has 2 N–H and O–H groups in total. The van der Waals surface area contributed by atoms with Crippen molar-refractivity contribution in [2.24, 2.45) is 0 Å². The fourth-order valence-corrected chi connectivity index (χ4v) is 2.38. The molecule has 1 aliphatic heterocycles. The van der Waals surface area contributed by atoms with E-state index < -0.39 is 5.60 Å². The van der Waals surface area contributed by atoms with E-state index in [1.54, 1.807) is 30.0 Å². The van der Waals surface area contributed by atoms with Crippen molar-refractivity contribution in [3.05, 3.63) is 29.8 Å². The van der Waals surface area contributed by atoms with Gasteiger partial charge in [-0.15, -0.1) is 10.2 Å². The van der Waals surface area contributed by atoms with Crippen molar-refractivity contribution in [1.29, 1.82) is 0 Å². The number of nitrogens with one attached hydrogen (secondary N) is 1. The van der Waals surface area contributed by atoms with Crippen molar-refractivity contribution in [3.8, 4) is 11.4 Å². The first kappa shape index (κ1) is 12.7. The van der Waals surface area contributed by atoms with Gasteiger partial charge in [0.1, 0.15) is 0 Å². The maximum absolute atomic E-state index is 12.4. The summed E-state index contributed by atoms with van der Waals surface area (Å²) in [7, 11) is 0. The molecule has 1 aromatic heterocycles. The first-order valence-corrected chi connectivity index (χ1v) is 6.41. The quantitative estimate of drug-likeness (QED) is 0.829. The number of carbonyl (C=O) groups excluding carboxylic acids is 1. The molecule has 1 aromatic carbocycles. The molecule has 1 fully saturated rings. The molecule has 7 nitrogen and oxygen atoms in total. The number of β-amino-alcohol motifs (C(OH)–C–C–N with tert-alkyl or cyclic N) is 1. The lowest BCUT2D eigenvalue weighted by atomic mass is 10.1. The number of aromatic amines is 1. The summed E-state index contributed by atoms with van der Waals surface area (Å²) in [6.07, 6.45) is 0.600. The van der Waals surface area contributed by atoms with Crippen LogP contribution in [0.1, 0.15) is 23.7 Å². The number of hydrogen-bond acceptors (Lipinski definition) is 5. The number of aromatic nitrogens is 4. The molecule has 1 saturated heterocycles. The third-order valence-corrected chi connectivity index (χ3v) is 3.45. The van der Waals surface area contributed by atoms with Crippen LogP contribution in [-0.2, 0) is 0 Å². The number of carbonyl (C=O) groups is 1. The van der Waals surface area contributed by atoms with Crippen LogP contribution in [0, 0.1) is 0 Å². The van der Waals surface area contributed by atoms with Crippen LogP contribution in [0.4, 0.5) is 0 Å². The predicted molar refractivity (Wildman–Crippen MR) is 70.8 cm³/mol. The van der Waals surface area contributed by atoms with Crippen LogP contribution >= 0.6 is 0 Å². The Hall–Kier alpha value is -2.28. The summed E-state index contributed by atoms with van der Waals surface area (Å²) in [4.78, 5) is 14.1. The monoisotopic (exact) mass is 273 g/mol. The van der Waals surface area contributed by atoms with E-state index in [2.05, 4.69) is 20.6 Å². The molecule has 1 amide bonds. The standard InChI is InChI=1S/C13H15N5O2/c1-13(20)5-6-18(8-13)12(19)10-4-2-3-9(7-10)11-14-16-17-15-11/h2-4,7,20H,5-6,8H2,1H3,(H,14,15,16,17). The van der Waals surface area contributed by atoms with Gasteiger partial charge in [-0.1, -0.05) is 12.1 Å². The number of amides is 1. The summed E-state index contributed by atoms with van der Waals surface area (Å²) in [5, 5.41) is 23.6. The molecule has 1 aliphatic rings. The van der Waals surface area contributed by atoms with Crippen LogP contribution in [0.25, 0.3) is 11.4 Å². The summed E-state index contributed by atoms with van der Waals surface area (Å²) < 4.78 is 0. The zero-order valence-electron chi connectivity index (χ0n) is 11.1. The fourth-order valence-electron chi connectivity index (χ4n) is 2.38. The lowest BCUT2D eigenvalue weighted by Gasteiger charge is -2.19. The highest BCUT2D eigenvalue weighted by Crippen LogP contribution is 2.23. The average molecular weight is 273 g/mol. The molecule has 1 unspecified atom stereocenters. The van der Waals surface area contributed by atoms with Gasteiger partial charge in [0.25, 0.3) is 5.91 Å². The smallest absolute Gasteiger partial charge is 0.253 e. The SMILES string of the molecule is CC1(O)CCN(C(=O)c2cccc(-c3nn[nH]n3)c2)C1. The molecule has 7 heteroatoms. The summed E-state index contributed by atoms with van der Waals surface area (Å²) in [5.74, 6) is 0.362. The van der Waals surface area contributed by atoms with Crippen molar-refractivity contribution in [2.45, 2.75) is 18.9 Å². The zero-order valence-corrected chi connectivity index (χ0v) is 11.1. The van der Waals surface area contributed by atoms with E-state index in [1.165, 1.54) is 0 Å². The van der Waals surface area contributed by atoms with Crippen LogP contribution in [0.15, 0.2) is 24.3 Å². The maximum atomic E-state index is 12.4. The molecule has 104 valence electrons. The van der Waals surface area contributed by atoms with Crippen LogP contribution in [0.5, 0.6) is 0 Å². The van der Waals surface area contributed by atoms with Gasteiger partial charge in [0.05, 0.1) is 5.60 Å². The van der Waals surface area contributed by atoms with E-state index in [0.29, 0.717) is 30.9 Å². The topological polar surface area (TPSA) is 95.0 Å². The molecule has 2 heterocycles. The molecule has 0 aliphatic carbocycles. The highest BCUT2D eigenvalue weighted by atomic mass is 16.3. The number of likely N-dealkylation sites (tertiary alicyclic amines) is 1. The van der Waals surface area contributed by atoms with Gasteiger partial charge in [0.2, 0.25) is 5.82 Å². The van der Waals surface area contributed by atoms with Gasteiger partial charge in [-0.05, 0) is 30.7 Å². The van der Waals surface area contributed by atoms with E-state index >= 15 is 0 Å². The number of nitrogens with zero attached hydrogens (tertiary/aromatic N) is 4. The average Bonchev–Trinajstić information content (AvgIpc) is 3.07. The molecular weight excluding hydrogens is 258 g/mol. The Bertz CT molecular complexity index is 623. The van der Waals surface area contributed by atoms with Crippen LogP contribution < -0.4 is 0 Å². The van der Waals surface area contributed by atoms with E-state index in [0.717, 1.165) is 5.56 Å². The number of hydrogen-bond donors (Lipinski definition) is 2. The van der Waals surface area contributed by atoms with Gasteiger partial charge in [-0.2, -0.15) is 5.21 Å². The first-order valence-electron chi connectivity index (χ1n) is 6.41. The Morgan fingerprint density at radius 1 is 1.50 bits per heavy atom. The van der Waals surface area contributed by atoms with Gasteiger partial charge < -0.3 is 10.0 Å². The Balaban J connectivity index is 1.84. The van der Waals surface area contributed by atoms with E-state index in [9.17, 15) is 9.90 Å².